The van der Waals surface area contributed by atoms with Crippen LogP contribution in [-0.2, 0) is 14.2 Å². The quantitative estimate of drug-likeness (QED) is 0.677. The van der Waals surface area contributed by atoms with E-state index in [-0.39, 0.29) is 12.2 Å². The summed E-state index contributed by atoms with van der Waals surface area (Å²) >= 11 is 0. The van der Waals surface area contributed by atoms with Gasteiger partial charge in [-0.3, -0.25) is 0 Å². The van der Waals surface area contributed by atoms with Crippen molar-refractivity contribution in [2.45, 2.75) is 45.3 Å². The summed E-state index contributed by atoms with van der Waals surface area (Å²) in [6.07, 6.45) is 2.57. The highest BCUT2D eigenvalue weighted by Crippen LogP contribution is 2.31. The maximum absolute atomic E-state index is 10.0. The average Bonchev–Trinajstić information content (AvgIpc) is 2.30. The van der Waals surface area contributed by atoms with E-state index in [4.69, 9.17) is 14.2 Å². The van der Waals surface area contributed by atoms with E-state index in [2.05, 4.69) is 13.8 Å². The number of ether oxygens (including phenoxy) is 3. The fourth-order valence-corrected chi connectivity index (χ4v) is 2.69. The van der Waals surface area contributed by atoms with Crippen molar-refractivity contribution in [2.75, 3.05) is 33.5 Å². The Morgan fingerprint density at radius 1 is 1.06 bits per heavy atom. The molecule has 1 saturated carbocycles. The summed E-state index contributed by atoms with van der Waals surface area (Å²) in [6.45, 7) is 6.98. The van der Waals surface area contributed by atoms with Crippen LogP contribution in [0.25, 0.3) is 0 Å². The molecule has 0 bridgehead atoms. The SMILES string of the molecule is COCCOCCCOC1C(C)CC(C)CC1O. The van der Waals surface area contributed by atoms with Crippen LogP contribution in [0.3, 0.4) is 0 Å². The summed E-state index contributed by atoms with van der Waals surface area (Å²) in [5.41, 5.74) is 0. The second-order valence-electron chi connectivity index (χ2n) is 5.42. The molecule has 0 aromatic carbocycles. The van der Waals surface area contributed by atoms with Crippen molar-refractivity contribution < 1.29 is 19.3 Å². The smallest absolute Gasteiger partial charge is 0.0859 e. The van der Waals surface area contributed by atoms with Gasteiger partial charge in [-0.2, -0.15) is 0 Å². The largest absolute Gasteiger partial charge is 0.390 e. The third-order valence-electron chi connectivity index (χ3n) is 3.53. The molecule has 108 valence electrons. The van der Waals surface area contributed by atoms with Gasteiger partial charge in [-0.25, -0.2) is 0 Å². The van der Waals surface area contributed by atoms with Crippen LogP contribution >= 0.6 is 0 Å². The maximum atomic E-state index is 10.0. The monoisotopic (exact) mass is 260 g/mol. The van der Waals surface area contributed by atoms with Crippen molar-refractivity contribution in [2.24, 2.45) is 11.8 Å². The zero-order valence-electron chi connectivity index (χ0n) is 11.9. The molecule has 4 heteroatoms. The number of aliphatic hydroxyl groups is 1. The Labute approximate surface area is 111 Å². The Kier molecular flexibility index (Phi) is 7.82. The van der Waals surface area contributed by atoms with E-state index in [1.165, 1.54) is 0 Å². The van der Waals surface area contributed by atoms with Gasteiger partial charge in [-0.05, 0) is 31.1 Å². The molecule has 0 aliphatic heterocycles. The molecular weight excluding hydrogens is 232 g/mol. The number of hydrogen-bond donors (Lipinski definition) is 1. The minimum absolute atomic E-state index is 0.000162. The number of methoxy groups -OCH3 is 1. The van der Waals surface area contributed by atoms with Crippen LogP contribution in [0, 0.1) is 11.8 Å². The normalized spacial score (nSPS) is 32.7. The van der Waals surface area contributed by atoms with Crippen molar-refractivity contribution in [3.05, 3.63) is 0 Å². The molecule has 1 N–H and O–H groups in total. The van der Waals surface area contributed by atoms with Gasteiger partial charge < -0.3 is 19.3 Å². The number of rotatable bonds is 8. The van der Waals surface area contributed by atoms with Crippen molar-refractivity contribution in [3.8, 4) is 0 Å². The molecule has 0 amide bonds. The predicted octanol–water partition coefficient (Wildman–Crippen LogP) is 1.85. The van der Waals surface area contributed by atoms with Crippen LogP contribution in [0.5, 0.6) is 0 Å². The summed E-state index contributed by atoms with van der Waals surface area (Å²) in [4.78, 5) is 0. The van der Waals surface area contributed by atoms with Crippen LogP contribution in [0.4, 0.5) is 0 Å². The molecule has 4 unspecified atom stereocenters. The Bertz CT molecular complexity index is 198. The van der Waals surface area contributed by atoms with Crippen LogP contribution < -0.4 is 0 Å². The molecule has 1 rings (SSSR count). The van der Waals surface area contributed by atoms with Crippen molar-refractivity contribution in [1.82, 2.24) is 0 Å². The second kappa shape index (κ2) is 8.86. The van der Waals surface area contributed by atoms with E-state index in [1.807, 2.05) is 0 Å². The van der Waals surface area contributed by atoms with Crippen LogP contribution in [0.15, 0.2) is 0 Å². The number of aliphatic hydroxyl groups excluding tert-OH is 1. The van der Waals surface area contributed by atoms with Crippen LogP contribution in [0.2, 0.25) is 0 Å². The minimum atomic E-state index is -0.307. The highest BCUT2D eigenvalue weighted by molar-refractivity contribution is 4.83. The van der Waals surface area contributed by atoms with E-state index in [0.717, 1.165) is 19.3 Å². The lowest BCUT2D eigenvalue weighted by atomic mass is 9.79. The molecule has 1 aliphatic carbocycles. The first kappa shape index (κ1) is 15.9. The Hall–Kier alpha value is -0.160. The Balaban J connectivity index is 2.07. The van der Waals surface area contributed by atoms with Gasteiger partial charge in [-0.1, -0.05) is 13.8 Å². The second-order valence-corrected chi connectivity index (χ2v) is 5.42. The molecule has 0 aromatic rings. The summed E-state index contributed by atoms with van der Waals surface area (Å²) < 4.78 is 16.1. The molecule has 0 radical (unpaired) electrons. The predicted molar refractivity (Wildman–Crippen MR) is 70.6 cm³/mol. The van der Waals surface area contributed by atoms with Crippen molar-refractivity contribution >= 4 is 0 Å². The van der Waals surface area contributed by atoms with E-state index in [1.54, 1.807) is 7.11 Å². The van der Waals surface area contributed by atoms with Crippen LogP contribution in [-0.4, -0.2) is 50.9 Å². The lowest BCUT2D eigenvalue weighted by molar-refractivity contribution is -0.0989. The van der Waals surface area contributed by atoms with Gasteiger partial charge in [-0.15, -0.1) is 0 Å². The lowest BCUT2D eigenvalue weighted by Gasteiger charge is -2.36. The summed E-state index contributed by atoms with van der Waals surface area (Å²) in [5.74, 6) is 1.05. The van der Waals surface area contributed by atoms with Crippen molar-refractivity contribution in [1.29, 1.82) is 0 Å². The number of hydrogen-bond acceptors (Lipinski definition) is 4. The fraction of sp³-hybridized carbons (Fsp3) is 1.00. The first-order chi connectivity index (χ1) is 8.65. The highest BCUT2D eigenvalue weighted by Gasteiger charge is 2.33. The minimum Gasteiger partial charge on any atom is -0.390 e. The molecule has 18 heavy (non-hydrogen) atoms. The molecule has 1 aliphatic rings. The molecule has 0 spiro atoms. The first-order valence-electron chi connectivity index (χ1n) is 7.01. The van der Waals surface area contributed by atoms with Gasteiger partial charge in [0.25, 0.3) is 0 Å². The zero-order valence-corrected chi connectivity index (χ0v) is 11.9. The molecule has 0 aromatic heterocycles. The van der Waals surface area contributed by atoms with E-state index < -0.39 is 0 Å². The average molecular weight is 260 g/mol. The summed E-state index contributed by atoms with van der Waals surface area (Å²) in [7, 11) is 1.67. The van der Waals surface area contributed by atoms with Crippen molar-refractivity contribution in [3.63, 3.8) is 0 Å². The Morgan fingerprint density at radius 2 is 1.83 bits per heavy atom. The summed E-state index contributed by atoms with van der Waals surface area (Å²) in [5, 5.41) is 10.0. The van der Waals surface area contributed by atoms with E-state index in [0.29, 0.717) is 38.3 Å². The van der Waals surface area contributed by atoms with E-state index in [9.17, 15) is 5.11 Å². The molecule has 0 saturated heterocycles. The van der Waals surface area contributed by atoms with Gasteiger partial charge in [0.05, 0.1) is 25.4 Å². The molecule has 4 nitrogen and oxygen atoms in total. The third-order valence-corrected chi connectivity index (χ3v) is 3.53. The first-order valence-corrected chi connectivity index (χ1v) is 7.01. The van der Waals surface area contributed by atoms with Crippen LogP contribution in [0.1, 0.15) is 33.1 Å². The molecular formula is C14H28O4. The van der Waals surface area contributed by atoms with Gasteiger partial charge in [0, 0.05) is 20.3 Å². The third kappa shape index (κ3) is 5.65. The standard InChI is InChI=1S/C14H28O4/c1-11-9-12(2)14(13(15)10-11)18-6-4-5-17-8-7-16-3/h11-15H,4-10H2,1-3H3. The lowest BCUT2D eigenvalue weighted by Crippen LogP contribution is -2.41. The zero-order chi connectivity index (χ0) is 13.4. The van der Waals surface area contributed by atoms with Gasteiger partial charge in [0.2, 0.25) is 0 Å². The molecule has 1 fully saturated rings. The van der Waals surface area contributed by atoms with Gasteiger partial charge in [0.15, 0.2) is 0 Å². The highest BCUT2D eigenvalue weighted by atomic mass is 16.5. The molecule has 0 heterocycles. The summed E-state index contributed by atoms with van der Waals surface area (Å²) in [6, 6.07) is 0. The van der Waals surface area contributed by atoms with E-state index >= 15 is 0 Å². The maximum Gasteiger partial charge on any atom is 0.0859 e. The van der Waals surface area contributed by atoms with Gasteiger partial charge >= 0.3 is 0 Å². The molecule has 4 atom stereocenters. The Morgan fingerprint density at radius 3 is 2.50 bits per heavy atom. The van der Waals surface area contributed by atoms with Gasteiger partial charge in [0.1, 0.15) is 0 Å². The fourth-order valence-electron chi connectivity index (χ4n) is 2.69. The topological polar surface area (TPSA) is 47.9 Å².